The van der Waals surface area contributed by atoms with E-state index >= 15 is 0 Å². The molecule has 98 valence electrons. The van der Waals surface area contributed by atoms with Gasteiger partial charge in [-0.05, 0) is 12.1 Å². The van der Waals surface area contributed by atoms with E-state index in [0.29, 0.717) is 23.1 Å². The van der Waals surface area contributed by atoms with Gasteiger partial charge in [0.15, 0.2) is 5.17 Å². The number of anilines is 1. The molecule has 0 aromatic heterocycles. The third kappa shape index (κ3) is 2.75. The van der Waals surface area contributed by atoms with Gasteiger partial charge in [-0.2, -0.15) is 0 Å². The lowest BCUT2D eigenvalue weighted by atomic mass is 10.2. The number of nitro benzene ring substituents is 1. The molecule has 18 heavy (non-hydrogen) atoms. The van der Waals surface area contributed by atoms with E-state index in [2.05, 4.69) is 0 Å². The summed E-state index contributed by atoms with van der Waals surface area (Å²) < 4.78 is 4.97. The number of hydrogen-bond donors (Lipinski definition) is 1. The van der Waals surface area contributed by atoms with Gasteiger partial charge in [0, 0.05) is 12.3 Å². The standard InChI is InChI=1S/C10H11N3O3S.BrH/c1-16-7-2-3-8(9(6-7)13(14)15)12-4-5-17-10(12)11;/h2-3,6,11H,4-5H2,1H3;1H. The Bertz CT molecular complexity index is 483. The van der Waals surface area contributed by atoms with Crippen molar-refractivity contribution in [2.45, 2.75) is 0 Å². The second-order valence-electron chi connectivity index (χ2n) is 3.42. The van der Waals surface area contributed by atoms with Crippen LogP contribution in [-0.4, -0.2) is 29.5 Å². The molecule has 1 fully saturated rings. The van der Waals surface area contributed by atoms with E-state index in [1.165, 1.54) is 24.9 Å². The van der Waals surface area contributed by atoms with Gasteiger partial charge in [0.1, 0.15) is 11.4 Å². The van der Waals surface area contributed by atoms with E-state index in [4.69, 9.17) is 10.1 Å². The van der Waals surface area contributed by atoms with Gasteiger partial charge in [-0.1, -0.05) is 11.8 Å². The summed E-state index contributed by atoms with van der Waals surface area (Å²) in [7, 11) is 1.46. The van der Waals surface area contributed by atoms with E-state index in [9.17, 15) is 10.1 Å². The molecule has 0 spiro atoms. The van der Waals surface area contributed by atoms with Crippen molar-refractivity contribution in [3.8, 4) is 5.75 Å². The minimum Gasteiger partial charge on any atom is -0.496 e. The van der Waals surface area contributed by atoms with E-state index in [-0.39, 0.29) is 22.7 Å². The van der Waals surface area contributed by atoms with Crippen molar-refractivity contribution in [2.75, 3.05) is 24.3 Å². The van der Waals surface area contributed by atoms with Crippen molar-refractivity contribution in [1.29, 1.82) is 5.41 Å². The summed E-state index contributed by atoms with van der Waals surface area (Å²) >= 11 is 1.39. The molecule has 0 saturated carbocycles. The van der Waals surface area contributed by atoms with Crippen LogP contribution in [0.3, 0.4) is 0 Å². The second kappa shape index (κ2) is 6.05. The fraction of sp³-hybridized carbons (Fsp3) is 0.300. The quantitative estimate of drug-likeness (QED) is 0.679. The number of ether oxygens (including phenoxy) is 1. The zero-order valence-corrected chi connectivity index (χ0v) is 12.1. The minimum absolute atomic E-state index is 0. The van der Waals surface area contributed by atoms with Crippen LogP contribution in [0.25, 0.3) is 0 Å². The molecule has 2 rings (SSSR count). The number of amidine groups is 1. The summed E-state index contributed by atoms with van der Waals surface area (Å²) in [5, 5.41) is 19.1. The highest BCUT2D eigenvalue weighted by atomic mass is 79.9. The number of nitrogens with one attached hydrogen (secondary N) is 1. The second-order valence-corrected chi connectivity index (χ2v) is 4.50. The largest absolute Gasteiger partial charge is 0.496 e. The highest BCUT2D eigenvalue weighted by Gasteiger charge is 2.26. The van der Waals surface area contributed by atoms with Gasteiger partial charge in [-0.3, -0.25) is 15.5 Å². The fourth-order valence-corrected chi connectivity index (χ4v) is 2.46. The molecule has 0 radical (unpaired) electrons. The number of halogens is 1. The monoisotopic (exact) mass is 333 g/mol. The van der Waals surface area contributed by atoms with Gasteiger partial charge in [0.05, 0.1) is 18.1 Å². The molecule has 1 saturated heterocycles. The molecular weight excluding hydrogens is 322 g/mol. The van der Waals surface area contributed by atoms with Gasteiger partial charge in [0.25, 0.3) is 5.69 Å². The summed E-state index contributed by atoms with van der Waals surface area (Å²) in [6, 6.07) is 4.67. The van der Waals surface area contributed by atoms with Crippen molar-refractivity contribution in [2.24, 2.45) is 0 Å². The van der Waals surface area contributed by atoms with Crippen molar-refractivity contribution in [3.63, 3.8) is 0 Å². The first-order valence-corrected chi connectivity index (χ1v) is 5.93. The van der Waals surface area contributed by atoms with Crippen LogP contribution < -0.4 is 9.64 Å². The molecule has 1 aromatic carbocycles. The molecule has 1 heterocycles. The van der Waals surface area contributed by atoms with Crippen LogP contribution >= 0.6 is 28.7 Å². The average Bonchev–Trinajstić information content (AvgIpc) is 2.74. The third-order valence-electron chi connectivity index (χ3n) is 2.47. The first-order valence-electron chi connectivity index (χ1n) is 4.95. The number of methoxy groups -OCH3 is 1. The normalized spacial score (nSPS) is 14.3. The lowest BCUT2D eigenvalue weighted by Gasteiger charge is -2.16. The van der Waals surface area contributed by atoms with Gasteiger partial charge in [-0.15, -0.1) is 17.0 Å². The van der Waals surface area contributed by atoms with Crippen molar-refractivity contribution in [1.82, 2.24) is 0 Å². The molecule has 1 aromatic rings. The Labute approximate surface area is 119 Å². The molecule has 8 heteroatoms. The molecule has 6 nitrogen and oxygen atoms in total. The minimum atomic E-state index is -0.450. The molecule has 0 atom stereocenters. The Morgan fingerprint density at radius 2 is 2.28 bits per heavy atom. The molecule has 1 aliphatic heterocycles. The maximum atomic E-state index is 11.0. The first-order chi connectivity index (χ1) is 8.13. The van der Waals surface area contributed by atoms with Crippen LogP contribution in [0.1, 0.15) is 0 Å². The van der Waals surface area contributed by atoms with Crippen molar-refractivity contribution in [3.05, 3.63) is 28.3 Å². The molecule has 1 N–H and O–H groups in total. The number of hydrogen-bond acceptors (Lipinski definition) is 5. The molecule has 0 unspecified atom stereocenters. The number of rotatable bonds is 3. The zero-order chi connectivity index (χ0) is 12.4. The Morgan fingerprint density at radius 1 is 1.56 bits per heavy atom. The van der Waals surface area contributed by atoms with Crippen molar-refractivity contribution < 1.29 is 9.66 Å². The van der Waals surface area contributed by atoms with Crippen LogP contribution in [0.15, 0.2) is 18.2 Å². The van der Waals surface area contributed by atoms with Gasteiger partial charge >= 0.3 is 0 Å². The number of thioether (sulfide) groups is 1. The Morgan fingerprint density at radius 3 is 2.78 bits per heavy atom. The summed E-state index contributed by atoms with van der Waals surface area (Å²) in [5.74, 6) is 1.22. The highest BCUT2D eigenvalue weighted by Crippen LogP contribution is 2.35. The lowest BCUT2D eigenvalue weighted by molar-refractivity contribution is -0.384. The van der Waals surface area contributed by atoms with Crippen LogP contribution in [0, 0.1) is 15.5 Å². The zero-order valence-electron chi connectivity index (χ0n) is 9.58. The third-order valence-corrected chi connectivity index (χ3v) is 3.35. The van der Waals surface area contributed by atoms with Crippen molar-refractivity contribution >= 4 is 45.3 Å². The first kappa shape index (κ1) is 14.8. The Hall–Kier alpha value is -1.28. The average molecular weight is 334 g/mol. The van der Waals surface area contributed by atoms with Crippen LogP contribution in [0.4, 0.5) is 11.4 Å². The highest BCUT2D eigenvalue weighted by molar-refractivity contribution is 8.93. The fourth-order valence-electron chi connectivity index (χ4n) is 1.65. The number of benzene rings is 1. The maximum Gasteiger partial charge on any atom is 0.296 e. The molecule has 0 aliphatic carbocycles. The Kier molecular flexibility index (Phi) is 4.97. The van der Waals surface area contributed by atoms with Gasteiger partial charge < -0.3 is 9.64 Å². The number of nitro groups is 1. The SMILES string of the molecule is Br.COc1ccc(N2CCSC2=N)c([N+](=O)[O-])c1. The lowest BCUT2D eigenvalue weighted by Crippen LogP contribution is -2.23. The van der Waals surface area contributed by atoms with E-state index in [0.717, 1.165) is 5.75 Å². The summed E-state index contributed by atoms with van der Waals surface area (Å²) in [6.07, 6.45) is 0. The maximum absolute atomic E-state index is 11.0. The summed E-state index contributed by atoms with van der Waals surface area (Å²) in [4.78, 5) is 12.2. The molecule has 1 aliphatic rings. The van der Waals surface area contributed by atoms with E-state index < -0.39 is 4.92 Å². The van der Waals surface area contributed by atoms with E-state index in [1.54, 1.807) is 17.0 Å². The predicted molar refractivity (Wildman–Crippen MR) is 77.5 cm³/mol. The van der Waals surface area contributed by atoms with Crippen LogP contribution in [-0.2, 0) is 0 Å². The number of nitrogens with zero attached hydrogens (tertiary/aromatic N) is 2. The molecule has 0 amide bonds. The summed E-state index contributed by atoms with van der Waals surface area (Å²) in [6.45, 7) is 0.622. The predicted octanol–water partition coefficient (Wildman–Crippen LogP) is 2.67. The molecular formula is C10H12BrN3O3S. The smallest absolute Gasteiger partial charge is 0.296 e. The molecule has 0 bridgehead atoms. The van der Waals surface area contributed by atoms with Crippen LogP contribution in [0.2, 0.25) is 0 Å². The summed E-state index contributed by atoms with van der Waals surface area (Å²) in [5.41, 5.74) is 0.419. The topological polar surface area (TPSA) is 79.5 Å². The van der Waals surface area contributed by atoms with E-state index in [1.807, 2.05) is 0 Å². The van der Waals surface area contributed by atoms with Crippen LogP contribution in [0.5, 0.6) is 5.75 Å². The van der Waals surface area contributed by atoms with Gasteiger partial charge in [0.2, 0.25) is 0 Å². The van der Waals surface area contributed by atoms with Gasteiger partial charge in [-0.25, -0.2) is 0 Å². The Balaban J connectivity index is 0.00000162.